The Morgan fingerprint density at radius 3 is 2.86 bits per heavy atom. The molecule has 2 aromatic heterocycles. The Morgan fingerprint density at radius 1 is 1.14 bits per heavy atom. The van der Waals surface area contributed by atoms with E-state index in [1.165, 1.54) is 0 Å². The molecule has 0 bridgehead atoms. The quantitative estimate of drug-likeness (QED) is 0.535. The van der Waals surface area contributed by atoms with Gasteiger partial charge < -0.3 is 0 Å². The first-order chi connectivity index (χ1) is 10.3. The molecule has 0 N–H and O–H groups in total. The second-order valence-corrected chi connectivity index (χ2v) is 5.86. The maximum Gasteiger partial charge on any atom is 0.193 e. The number of fused-ring (bicyclic) bond motifs is 2. The highest BCUT2D eigenvalue weighted by molar-refractivity contribution is 7.15. The first kappa shape index (κ1) is 12.3. The maximum atomic E-state index is 12.4. The van der Waals surface area contributed by atoms with E-state index in [0.717, 1.165) is 27.0 Å². The summed E-state index contributed by atoms with van der Waals surface area (Å²) in [5.41, 5.74) is 1.56. The van der Waals surface area contributed by atoms with Crippen LogP contribution in [0.2, 0.25) is 0 Å². The number of hydrogen-bond donors (Lipinski definition) is 0. The highest BCUT2D eigenvalue weighted by Gasteiger charge is 2.11. The molecular weight excluding hydrogens is 280 g/mol. The van der Waals surface area contributed by atoms with Crippen molar-refractivity contribution >= 4 is 32.9 Å². The summed E-state index contributed by atoms with van der Waals surface area (Å²) in [6, 6.07) is 13.9. The molecule has 4 rings (SSSR count). The average molecular weight is 292 g/mol. The minimum atomic E-state index is 0.103. The Kier molecular flexibility index (Phi) is 2.82. The van der Waals surface area contributed by atoms with Crippen LogP contribution in [-0.2, 0) is 6.42 Å². The molecule has 0 radical (unpaired) electrons. The van der Waals surface area contributed by atoms with Gasteiger partial charge in [-0.2, -0.15) is 0 Å². The molecule has 0 aliphatic carbocycles. The zero-order valence-electron chi connectivity index (χ0n) is 11.2. The lowest BCUT2D eigenvalue weighted by Gasteiger charge is -2.02. The van der Waals surface area contributed by atoms with Crippen LogP contribution >= 0.6 is 11.3 Å². The molecule has 4 aromatic rings. The number of carbonyl (C=O) groups is 1. The Hall–Kier alpha value is -2.46. The van der Waals surface area contributed by atoms with E-state index in [9.17, 15) is 4.79 Å². The summed E-state index contributed by atoms with van der Waals surface area (Å²) in [7, 11) is 0. The minimum Gasteiger partial charge on any atom is -0.297 e. The van der Waals surface area contributed by atoms with E-state index < -0.39 is 0 Å². The number of imidazole rings is 1. The topological polar surface area (TPSA) is 34.4 Å². The summed E-state index contributed by atoms with van der Waals surface area (Å²) >= 11 is 1.57. The van der Waals surface area contributed by atoms with Crippen molar-refractivity contribution in [2.24, 2.45) is 0 Å². The highest BCUT2D eigenvalue weighted by atomic mass is 32.1. The maximum absolute atomic E-state index is 12.4. The Balaban J connectivity index is 1.64. The Morgan fingerprint density at radius 2 is 2.00 bits per heavy atom. The van der Waals surface area contributed by atoms with Crippen molar-refractivity contribution < 1.29 is 4.79 Å². The molecule has 0 aliphatic heterocycles. The van der Waals surface area contributed by atoms with Gasteiger partial charge in [-0.1, -0.05) is 36.4 Å². The molecule has 0 atom stereocenters. The zero-order valence-corrected chi connectivity index (χ0v) is 12.0. The van der Waals surface area contributed by atoms with Crippen molar-refractivity contribution in [3.8, 4) is 0 Å². The molecule has 3 nitrogen and oxygen atoms in total. The van der Waals surface area contributed by atoms with Crippen LogP contribution < -0.4 is 0 Å². The van der Waals surface area contributed by atoms with E-state index in [-0.39, 0.29) is 5.78 Å². The number of rotatable bonds is 3. The third-order valence-electron chi connectivity index (χ3n) is 3.56. The fourth-order valence-electron chi connectivity index (χ4n) is 2.49. The van der Waals surface area contributed by atoms with Crippen molar-refractivity contribution in [3.05, 3.63) is 71.5 Å². The van der Waals surface area contributed by atoms with Crippen molar-refractivity contribution in [1.29, 1.82) is 0 Å². The standard InChI is InChI=1S/C17H12N2OS/c20-16(10-15-11-19-7-8-21-17(19)18-15)14-6-5-12-3-1-2-4-13(12)9-14/h1-9,11H,10H2. The predicted molar refractivity (Wildman–Crippen MR) is 85.1 cm³/mol. The molecule has 0 unspecified atom stereocenters. The van der Waals surface area contributed by atoms with Crippen LogP contribution in [0.5, 0.6) is 0 Å². The monoisotopic (exact) mass is 292 g/mol. The van der Waals surface area contributed by atoms with Gasteiger partial charge in [0.15, 0.2) is 10.7 Å². The minimum absolute atomic E-state index is 0.103. The Bertz CT molecular complexity index is 923. The summed E-state index contributed by atoms with van der Waals surface area (Å²) in [4.78, 5) is 17.8. The van der Waals surface area contributed by atoms with Crippen LogP contribution in [0.25, 0.3) is 15.7 Å². The van der Waals surface area contributed by atoms with Gasteiger partial charge in [0, 0.05) is 23.3 Å². The molecular formula is C17H12N2OS. The molecule has 0 saturated heterocycles. The second-order valence-electron chi connectivity index (χ2n) is 4.99. The first-order valence-electron chi connectivity index (χ1n) is 6.73. The third kappa shape index (κ3) is 2.23. The van der Waals surface area contributed by atoms with Crippen LogP contribution in [0.3, 0.4) is 0 Å². The number of benzene rings is 2. The van der Waals surface area contributed by atoms with E-state index in [1.807, 2.05) is 64.6 Å². The van der Waals surface area contributed by atoms with Gasteiger partial charge in [0.25, 0.3) is 0 Å². The predicted octanol–water partition coefficient (Wildman–Crippen LogP) is 3.97. The molecule has 0 aliphatic rings. The SMILES string of the molecule is O=C(Cc1cn2ccsc2n1)c1ccc2ccccc2c1. The molecule has 0 amide bonds. The highest BCUT2D eigenvalue weighted by Crippen LogP contribution is 2.18. The van der Waals surface area contributed by atoms with Gasteiger partial charge in [-0.15, -0.1) is 11.3 Å². The third-order valence-corrected chi connectivity index (χ3v) is 4.33. The van der Waals surface area contributed by atoms with Gasteiger partial charge in [0.05, 0.1) is 12.1 Å². The number of carbonyl (C=O) groups excluding carboxylic acids is 1. The molecule has 0 spiro atoms. The van der Waals surface area contributed by atoms with E-state index in [0.29, 0.717) is 6.42 Å². The van der Waals surface area contributed by atoms with Gasteiger partial charge in [0.2, 0.25) is 0 Å². The fourth-order valence-corrected chi connectivity index (χ4v) is 3.21. The summed E-state index contributed by atoms with van der Waals surface area (Å²) < 4.78 is 1.95. The summed E-state index contributed by atoms with van der Waals surface area (Å²) in [6.45, 7) is 0. The van der Waals surface area contributed by atoms with Gasteiger partial charge in [-0.3, -0.25) is 9.20 Å². The van der Waals surface area contributed by atoms with Crippen molar-refractivity contribution in [1.82, 2.24) is 9.38 Å². The van der Waals surface area contributed by atoms with Crippen molar-refractivity contribution in [2.45, 2.75) is 6.42 Å². The summed E-state index contributed by atoms with van der Waals surface area (Å²) in [5.74, 6) is 0.103. The lowest BCUT2D eigenvalue weighted by molar-refractivity contribution is 0.0992. The lowest BCUT2D eigenvalue weighted by atomic mass is 10.0. The molecule has 2 aromatic carbocycles. The van der Waals surface area contributed by atoms with Crippen LogP contribution in [0.1, 0.15) is 16.1 Å². The number of nitrogens with zero attached hydrogens (tertiary/aromatic N) is 2. The normalized spacial score (nSPS) is 11.2. The zero-order chi connectivity index (χ0) is 14.2. The van der Waals surface area contributed by atoms with E-state index in [4.69, 9.17) is 0 Å². The number of hydrogen-bond acceptors (Lipinski definition) is 3. The van der Waals surface area contributed by atoms with E-state index in [2.05, 4.69) is 4.98 Å². The number of thiazole rings is 1. The molecule has 0 fully saturated rings. The molecule has 102 valence electrons. The summed E-state index contributed by atoms with van der Waals surface area (Å²) in [5, 5.41) is 4.22. The van der Waals surface area contributed by atoms with Crippen LogP contribution in [0.4, 0.5) is 0 Å². The van der Waals surface area contributed by atoms with Gasteiger partial charge in [-0.25, -0.2) is 4.98 Å². The van der Waals surface area contributed by atoms with Crippen molar-refractivity contribution in [3.63, 3.8) is 0 Å². The number of ketones is 1. The molecule has 4 heteroatoms. The number of Topliss-reactive ketones (excluding diaryl/α,β-unsaturated/α-hetero) is 1. The van der Waals surface area contributed by atoms with Gasteiger partial charge in [-0.05, 0) is 16.8 Å². The molecule has 0 saturated carbocycles. The fraction of sp³-hybridized carbons (Fsp3) is 0.0588. The average Bonchev–Trinajstić information content (AvgIpc) is 3.08. The van der Waals surface area contributed by atoms with E-state index >= 15 is 0 Å². The first-order valence-corrected chi connectivity index (χ1v) is 7.61. The smallest absolute Gasteiger partial charge is 0.193 e. The van der Waals surface area contributed by atoms with Gasteiger partial charge >= 0.3 is 0 Å². The lowest BCUT2D eigenvalue weighted by Crippen LogP contribution is -2.03. The Labute approximate surface area is 125 Å². The summed E-state index contributed by atoms with van der Waals surface area (Å²) in [6.07, 6.45) is 4.22. The second kappa shape index (κ2) is 4.82. The van der Waals surface area contributed by atoms with Crippen LogP contribution in [0.15, 0.2) is 60.2 Å². The van der Waals surface area contributed by atoms with E-state index in [1.54, 1.807) is 11.3 Å². The van der Waals surface area contributed by atoms with Gasteiger partial charge in [0.1, 0.15) is 0 Å². The molecule has 21 heavy (non-hydrogen) atoms. The largest absolute Gasteiger partial charge is 0.297 e. The molecule has 2 heterocycles. The van der Waals surface area contributed by atoms with Crippen molar-refractivity contribution in [2.75, 3.05) is 0 Å². The van der Waals surface area contributed by atoms with Crippen LogP contribution in [0, 0.1) is 0 Å². The number of aromatic nitrogens is 2. The van der Waals surface area contributed by atoms with Crippen LogP contribution in [-0.4, -0.2) is 15.2 Å².